The van der Waals surface area contributed by atoms with Gasteiger partial charge in [0.15, 0.2) is 5.82 Å². The zero-order valence-electron chi connectivity index (χ0n) is 9.96. The lowest BCUT2D eigenvalue weighted by atomic mass is 10.4. The maximum atomic E-state index is 14.3. The van der Waals surface area contributed by atoms with Gasteiger partial charge in [0.25, 0.3) is 5.56 Å². The van der Waals surface area contributed by atoms with Crippen molar-refractivity contribution in [2.75, 3.05) is 0 Å². The van der Waals surface area contributed by atoms with Gasteiger partial charge in [-0.15, -0.1) is 5.10 Å². The summed E-state index contributed by atoms with van der Waals surface area (Å²) in [5, 5.41) is 3.56. The third kappa shape index (κ3) is 2.27. The number of aromatic nitrogens is 3. The highest BCUT2D eigenvalue weighted by Gasteiger charge is 2.17. The summed E-state index contributed by atoms with van der Waals surface area (Å²) in [6.07, 6.45) is 0.987. The summed E-state index contributed by atoms with van der Waals surface area (Å²) in [5.74, 6) is -1.78. The van der Waals surface area contributed by atoms with Crippen LogP contribution in [-0.4, -0.2) is 14.6 Å². The lowest BCUT2D eigenvalue weighted by molar-refractivity contribution is 0.486. The highest BCUT2D eigenvalue weighted by atomic mass is 32.2. The lowest BCUT2D eigenvalue weighted by Gasteiger charge is -2.07. The maximum Gasteiger partial charge on any atom is 0.273 e. The van der Waals surface area contributed by atoms with Gasteiger partial charge in [0.2, 0.25) is 5.95 Å². The summed E-state index contributed by atoms with van der Waals surface area (Å²) in [4.78, 5) is 15.0. The summed E-state index contributed by atoms with van der Waals surface area (Å²) < 4.78 is 29.1. The van der Waals surface area contributed by atoms with Crippen LogP contribution in [0.4, 0.5) is 8.78 Å². The summed E-state index contributed by atoms with van der Waals surface area (Å²) >= 11 is 0.913. The van der Waals surface area contributed by atoms with E-state index in [1.54, 1.807) is 30.3 Å². The molecule has 0 aliphatic rings. The number of fused-ring (bicyclic) bond motifs is 1. The molecule has 0 saturated carbocycles. The second-order valence-corrected chi connectivity index (χ2v) is 4.99. The Labute approximate surface area is 116 Å². The fourth-order valence-corrected chi connectivity index (χ4v) is 2.53. The van der Waals surface area contributed by atoms with Gasteiger partial charge in [-0.25, -0.2) is 8.91 Å². The molecule has 0 aliphatic carbocycles. The summed E-state index contributed by atoms with van der Waals surface area (Å²) in [6.45, 7) is 0. The number of hydrogen-bond donors (Lipinski definition) is 0. The standard InChI is InChI=1S/C13H7F2N3OS/c14-11-9-6-10(19)16-7-18(9)17-13(15)12(11)20-8-4-2-1-3-5-8/h1-7H. The Morgan fingerprint density at radius 2 is 1.90 bits per heavy atom. The van der Waals surface area contributed by atoms with E-state index in [9.17, 15) is 13.6 Å². The molecular weight excluding hydrogens is 284 g/mol. The molecule has 0 unspecified atom stereocenters. The van der Waals surface area contributed by atoms with Gasteiger partial charge in [-0.1, -0.05) is 30.0 Å². The molecule has 20 heavy (non-hydrogen) atoms. The Morgan fingerprint density at radius 3 is 2.65 bits per heavy atom. The van der Waals surface area contributed by atoms with Crippen molar-refractivity contribution in [1.82, 2.24) is 14.6 Å². The first-order valence-corrected chi connectivity index (χ1v) is 6.43. The van der Waals surface area contributed by atoms with Crippen LogP contribution in [0.15, 0.2) is 57.3 Å². The van der Waals surface area contributed by atoms with Crippen LogP contribution >= 0.6 is 11.8 Å². The molecule has 3 rings (SSSR count). The van der Waals surface area contributed by atoms with Crippen molar-refractivity contribution in [2.24, 2.45) is 0 Å². The summed E-state index contributed by atoms with van der Waals surface area (Å²) in [6, 6.07) is 9.78. The number of rotatable bonds is 2. The van der Waals surface area contributed by atoms with Crippen LogP contribution in [0.25, 0.3) is 5.52 Å². The minimum atomic E-state index is -0.950. The second-order valence-electron chi connectivity index (χ2n) is 3.91. The summed E-state index contributed by atoms with van der Waals surface area (Å²) in [7, 11) is 0. The first-order chi connectivity index (χ1) is 9.65. The van der Waals surface area contributed by atoms with Crippen molar-refractivity contribution in [3.63, 3.8) is 0 Å². The van der Waals surface area contributed by atoms with E-state index in [-0.39, 0.29) is 10.4 Å². The maximum absolute atomic E-state index is 14.3. The quantitative estimate of drug-likeness (QED) is 0.728. The van der Waals surface area contributed by atoms with Crippen LogP contribution in [0.1, 0.15) is 0 Å². The molecule has 2 heterocycles. The molecule has 4 nitrogen and oxygen atoms in total. The zero-order valence-corrected chi connectivity index (χ0v) is 10.8. The van der Waals surface area contributed by atoms with Gasteiger partial charge >= 0.3 is 0 Å². The molecule has 0 radical (unpaired) electrons. The predicted octanol–water partition coefficient (Wildman–Crippen LogP) is 2.52. The number of benzene rings is 1. The molecule has 0 amide bonds. The highest BCUT2D eigenvalue weighted by Crippen LogP contribution is 2.32. The molecule has 0 fully saturated rings. The van der Waals surface area contributed by atoms with Crippen LogP contribution in [-0.2, 0) is 0 Å². The van der Waals surface area contributed by atoms with Crippen molar-refractivity contribution in [2.45, 2.75) is 9.79 Å². The Morgan fingerprint density at radius 1 is 1.15 bits per heavy atom. The predicted molar refractivity (Wildman–Crippen MR) is 69.7 cm³/mol. The molecule has 0 N–H and O–H groups in total. The van der Waals surface area contributed by atoms with E-state index >= 15 is 0 Å². The molecule has 0 bridgehead atoms. The van der Waals surface area contributed by atoms with Crippen LogP contribution in [0, 0.1) is 11.8 Å². The molecule has 0 atom stereocenters. The van der Waals surface area contributed by atoms with Gasteiger partial charge in [-0.05, 0) is 12.1 Å². The fourth-order valence-electron chi connectivity index (χ4n) is 1.68. The zero-order chi connectivity index (χ0) is 14.1. The molecule has 0 saturated heterocycles. The first kappa shape index (κ1) is 12.7. The highest BCUT2D eigenvalue weighted by molar-refractivity contribution is 7.99. The normalized spacial score (nSPS) is 10.9. The largest absolute Gasteiger partial charge is 0.273 e. The minimum absolute atomic E-state index is 0.107. The van der Waals surface area contributed by atoms with E-state index in [4.69, 9.17) is 0 Å². The van der Waals surface area contributed by atoms with Gasteiger partial charge in [-0.3, -0.25) is 4.79 Å². The van der Waals surface area contributed by atoms with Crippen molar-refractivity contribution in [3.05, 3.63) is 64.8 Å². The van der Waals surface area contributed by atoms with Gasteiger partial charge < -0.3 is 0 Å². The van der Waals surface area contributed by atoms with Crippen LogP contribution in [0.2, 0.25) is 0 Å². The SMILES string of the molecule is O=c1cc2c(F)c(Sc3ccccc3)c(F)nn2cn1. The van der Waals surface area contributed by atoms with E-state index < -0.39 is 17.3 Å². The number of hydrogen-bond acceptors (Lipinski definition) is 4. The Balaban J connectivity index is 2.18. The van der Waals surface area contributed by atoms with E-state index in [1.807, 2.05) is 0 Å². The Kier molecular flexibility index (Phi) is 3.19. The molecule has 7 heteroatoms. The van der Waals surface area contributed by atoms with E-state index in [2.05, 4.69) is 10.1 Å². The Bertz CT molecular complexity index is 836. The van der Waals surface area contributed by atoms with E-state index in [0.717, 1.165) is 28.7 Å². The molecule has 0 aliphatic heterocycles. The fraction of sp³-hybridized carbons (Fsp3) is 0. The van der Waals surface area contributed by atoms with Gasteiger partial charge in [0.1, 0.15) is 16.7 Å². The summed E-state index contributed by atoms with van der Waals surface area (Å²) in [5.41, 5.74) is -0.710. The molecular formula is C13H7F2N3OS. The average Bonchev–Trinajstić information content (AvgIpc) is 2.46. The van der Waals surface area contributed by atoms with Crippen molar-refractivity contribution in [1.29, 1.82) is 0 Å². The number of halogens is 2. The topological polar surface area (TPSA) is 47.3 Å². The van der Waals surface area contributed by atoms with Crippen LogP contribution in [0.3, 0.4) is 0 Å². The molecule has 100 valence electrons. The third-order valence-corrected chi connectivity index (χ3v) is 3.63. The van der Waals surface area contributed by atoms with Crippen molar-refractivity contribution < 1.29 is 8.78 Å². The van der Waals surface area contributed by atoms with Crippen molar-refractivity contribution >= 4 is 17.3 Å². The van der Waals surface area contributed by atoms with Gasteiger partial charge in [0.05, 0.1) is 0 Å². The van der Waals surface area contributed by atoms with E-state index in [0.29, 0.717) is 4.90 Å². The van der Waals surface area contributed by atoms with Crippen LogP contribution in [0.5, 0.6) is 0 Å². The minimum Gasteiger partial charge on any atom is -0.267 e. The average molecular weight is 291 g/mol. The molecule has 1 aromatic carbocycles. The second kappa shape index (κ2) is 5.01. The monoisotopic (exact) mass is 291 g/mol. The molecule has 2 aromatic heterocycles. The number of nitrogens with zero attached hydrogens (tertiary/aromatic N) is 3. The third-order valence-electron chi connectivity index (χ3n) is 2.57. The van der Waals surface area contributed by atoms with Crippen molar-refractivity contribution in [3.8, 4) is 0 Å². The molecule has 3 aromatic rings. The van der Waals surface area contributed by atoms with Gasteiger partial charge in [0, 0.05) is 11.0 Å². The molecule has 0 spiro atoms. The smallest absolute Gasteiger partial charge is 0.267 e. The van der Waals surface area contributed by atoms with Gasteiger partial charge in [-0.2, -0.15) is 9.37 Å². The van der Waals surface area contributed by atoms with E-state index in [1.165, 1.54) is 0 Å². The van der Waals surface area contributed by atoms with Crippen LogP contribution < -0.4 is 5.56 Å². The first-order valence-electron chi connectivity index (χ1n) is 5.62. The Hall–Kier alpha value is -2.28. The lowest BCUT2D eigenvalue weighted by Crippen LogP contribution is -2.11.